The number of nitrogens with one attached hydrogen (secondary N) is 2. The van der Waals surface area contributed by atoms with Gasteiger partial charge in [0.2, 0.25) is 5.91 Å². The highest BCUT2D eigenvalue weighted by Crippen LogP contribution is 2.04. The Labute approximate surface area is 107 Å². The molecule has 0 spiro atoms. The maximum Gasteiger partial charge on any atom is 0.251 e. The molecule has 0 aliphatic heterocycles. The molecule has 0 unspecified atom stereocenters. The molecule has 5 nitrogen and oxygen atoms in total. The Hall–Kier alpha value is -1.88. The Kier molecular flexibility index (Phi) is 5.87. The van der Waals surface area contributed by atoms with Crippen molar-refractivity contribution in [2.45, 2.75) is 19.4 Å². The summed E-state index contributed by atoms with van der Waals surface area (Å²) >= 11 is 0. The van der Waals surface area contributed by atoms with Crippen LogP contribution in [0.3, 0.4) is 0 Å². The van der Waals surface area contributed by atoms with Crippen molar-refractivity contribution in [1.29, 1.82) is 0 Å². The second-order valence-corrected chi connectivity index (χ2v) is 4.02. The Morgan fingerprint density at radius 2 is 1.89 bits per heavy atom. The number of amides is 2. The van der Waals surface area contributed by atoms with Crippen LogP contribution in [-0.2, 0) is 11.3 Å². The van der Waals surface area contributed by atoms with Gasteiger partial charge in [-0.15, -0.1) is 0 Å². The van der Waals surface area contributed by atoms with Crippen LogP contribution in [-0.4, -0.2) is 25.4 Å². The van der Waals surface area contributed by atoms with Crippen LogP contribution in [0, 0.1) is 0 Å². The first-order valence-electron chi connectivity index (χ1n) is 5.93. The van der Waals surface area contributed by atoms with E-state index >= 15 is 0 Å². The largest absolute Gasteiger partial charge is 0.370 e. The van der Waals surface area contributed by atoms with Gasteiger partial charge in [0.15, 0.2) is 0 Å². The predicted molar refractivity (Wildman–Crippen MR) is 70.0 cm³/mol. The van der Waals surface area contributed by atoms with Crippen molar-refractivity contribution in [3.05, 3.63) is 35.4 Å². The summed E-state index contributed by atoms with van der Waals surface area (Å²) in [5, 5.41) is 5.78. The highest BCUT2D eigenvalue weighted by Gasteiger charge is 2.01. The zero-order chi connectivity index (χ0) is 13.4. The number of carbonyl (C=O) groups is 2. The summed E-state index contributed by atoms with van der Waals surface area (Å²) in [6, 6.07) is 7.40. The summed E-state index contributed by atoms with van der Waals surface area (Å²) in [7, 11) is 1.61. The molecule has 4 N–H and O–H groups in total. The minimum Gasteiger partial charge on any atom is -0.370 e. The summed E-state index contributed by atoms with van der Waals surface area (Å²) in [4.78, 5) is 21.8. The lowest BCUT2D eigenvalue weighted by molar-refractivity contribution is -0.118. The van der Waals surface area contributed by atoms with Gasteiger partial charge in [0.05, 0.1) is 0 Å². The fourth-order valence-corrected chi connectivity index (χ4v) is 1.54. The molecule has 0 saturated carbocycles. The Morgan fingerprint density at radius 3 is 2.44 bits per heavy atom. The summed E-state index contributed by atoms with van der Waals surface area (Å²) in [6.45, 7) is 1.47. The average Bonchev–Trinajstić information content (AvgIpc) is 2.38. The first-order chi connectivity index (χ1) is 8.63. The molecule has 98 valence electrons. The molecule has 0 bridgehead atoms. The van der Waals surface area contributed by atoms with Crippen molar-refractivity contribution in [2.24, 2.45) is 5.73 Å². The van der Waals surface area contributed by atoms with Crippen molar-refractivity contribution < 1.29 is 9.59 Å². The van der Waals surface area contributed by atoms with Crippen LogP contribution in [0.4, 0.5) is 0 Å². The summed E-state index contributed by atoms with van der Waals surface area (Å²) in [5.41, 5.74) is 6.79. The lowest BCUT2D eigenvalue weighted by Gasteiger charge is -2.05. The van der Waals surface area contributed by atoms with E-state index in [9.17, 15) is 9.59 Å². The molecule has 1 aromatic carbocycles. The van der Waals surface area contributed by atoms with Gasteiger partial charge in [0.25, 0.3) is 5.91 Å². The number of benzene rings is 1. The number of hydrogen-bond acceptors (Lipinski definition) is 3. The molecule has 0 aromatic heterocycles. The van der Waals surface area contributed by atoms with Gasteiger partial charge in [-0.3, -0.25) is 9.59 Å². The first kappa shape index (κ1) is 14.2. The standard InChI is InChI=1S/C13H19N3O2/c1-15-13(18)11-6-4-10(5-7-11)9-16-8-2-3-12(14)17/h4-7,16H,2-3,8-9H2,1H3,(H2,14,17)(H,15,18). The molecule has 0 aliphatic carbocycles. The van der Waals surface area contributed by atoms with E-state index in [1.54, 1.807) is 19.2 Å². The van der Waals surface area contributed by atoms with Gasteiger partial charge in [-0.05, 0) is 30.7 Å². The molecule has 0 aliphatic rings. The predicted octanol–water partition coefficient (Wildman–Crippen LogP) is 0.401. The van der Waals surface area contributed by atoms with E-state index in [0.717, 1.165) is 18.5 Å². The quantitative estimate of drug-likeness (QED) is 0.612. The third-order valence-electron chi connectivity index (χ3n) is 2.55. The molecular weight excluding hydrogens is 230 g/mol. The fraction of sp³-hybridized carbons (Fsp3) is 0.385. The molecule has 2 amide bonds. The van der Waals surface area contributed by atoms with Gasteiger partial charge in [-0.25, -0.2) is 0 Å². The third kappa shape index (κ3) is 4.97. The molecule has 0 saturated heterocycles. The third-order valence-corrected chi connectivity index (χ3v) is 2.55. The van der Waals surface area contributed by atoms with Crippen LogP contribution in [0.5, 0.6) is 0 Å². The number of rotatable bonds is 7. The van der Waals surface area contributed by atoms with Gasteiger partial charge in [-0.1, -0.05) is 12.1 Å². The Balaban J connectivity index is 2.31. The van der Waals surface area contributed by atoms with Crippen LogP contribution in [0.1, 0.15) is 28.8 Å². The van der Waals surface area contributed by atoms with Gasteiger partial charge < -0.3 is 16.4 Å². The zero-order valence-electron chi connectivity index (χ0n) is 10.5. The van der Waals surface area contributed by atoms with Crippen molar-refractivity contribution in [2.75, 3.05) is 13.6 Å². The van der Waals surface area contributed by atoms with E-state index in [4.69, 9.17) is 5.73 Å². The van der Waals surface area contributed by atoms with E-state index in [2.05, 4.69) is 10.6 Å². The summed E-state index contributed by atoms with van der Waals surface area (Å²) in [6.07, 6.45) is 1.15. The average molecular weight is 249 g/mol. The number of primary amides is 1. The molecule has 0 atom stereocenters. The molecule has 1 rings (SSSR count). The van der Waals surface area contributed by atoms with E-state index in [-0.39, 0.29) is 11.8 Å². The van der Waals surface area contributed by atoms with E-state index in [0.29, 0.717) is 18.5 Å². The van der Waals surface area contributed by atoms with Crippen LogP contribution < -0.4 is 16.4 Å². The van der Waals surface area contributed by atoms with E-state index < -0.39 is 0 Å². The minimum atomic E-state index is -0.272. The molecule has 0 radical (unpaired) electrons. The van der Waals surface area contributed by atoms with Crippen molar-refractivity contribution >= 4 is 11.8 Å². The molecule has 18 heavy (non-hydrogen) atoms. The van der Waals surface area contributed by atoms with Crippen LogP contribution in [0.15, 0.2) is 24.3 Å². The van der Waals surface area contributed by atoms with Crippen LogP contribution in [0.25, 0.3) is 0 Å². The molecular formula is C13H19N3O2. The van der Waals surface area contributed by atoms with Gasteiger partial charge >= 0.3 is 0 Å². The monoisotopic (exact) mass is 249 g/mol. The lowest BCUT2D eigenvalue weighted by atomic mass is 10.1. The molecule has 0 fully saturated rings. The zero-order valence-corrected chi connectivity index (χ0v) is 10.5. The van der Waals surface area contributed by atoms with Gasteiger partial charge in [0.1, 0.15) is 0 Å². The maximum absolute atomic E-state index is 11.3. The van der Waals surface area contributed by atoms with E-state index in [1.165, 1.54) is 0 Å². The van der Waals surface area contributed by atoms with Crippen molar-refractivity contribution in [1.82, 2.24) is 10.6 Å². The maximum atomic E-state index is 11.3. The number of hydrogen-bond donors (Lipinski definition) is 3. The fourth-order valence-electron chi connectivity index (χ4n) is 1.54. The highest BCUT2D eigenvalue weighted by atomic mass is 16.1. The second kappa shape index (κ2) is 7.45. The summed E-state index contributed by atoms with van der Waals surface area (Å²) < 4.78 is 0. The van der Waals surface area contributed by atoms with Crippen molar-refractivity contribution in [3.63, 3.8) is 0 Å². The Morgan fingerprint density at radius 1 is 1.22 bits per heavy atom. The SMILES string of the molecule is CNC(=O)c1ccc(CNCCCC(N)=O)cc1. The van der Waals surface area contributed by atoms with E-state index in [1.807, 2.05) is 12.1 Å². The normalized spacial score (nSPS) is 10.1. The number of nitrogens with two attached hydrogens (primary N) is 1. The minimum absolute atomic E-state index is 0.0871. The highest BCUT2D eigenvalue weighted by molar-refractivity contribution is 5.93. The second-order valence-electron chi connectivity index (χ2n) is 4.02. The molecule has 5 heteroatoms. The van der Waals surface area contributed by atoms with Crippen LogP contribution >= 0.6 is 0 Å². The van der Waals surface area contributed by atoms with Gasteiger partial charge in [-0.2, -0.15) is 0 Å². The Bertz CT molecular complexity index is 401. The van der Waals surface area contributed by atoms with Crippen LogP contribution in [0.2, 0.25) is 0 Å². The molecule has 0 heterocycles. The van der Waals surface area contributed by atoms with Crippen molar-refractivity contribution in [3.8, 4) is 0 Å². The topological polar surface area (TPSA) is 84.2 Å². The number of carbonyl (C=O) groups excluding carboxylic acids is 2. The lowest BCUT2D eigenvalue weighted by Crippen LogP contribution is -2.19. The summed E-state index contributed by atoms with van der Waals surface area (Å²) in [5.74, 6) is -0.359. The molecule has 1 aromatic rings. The first-order valence-corrected chi connectivity index (χ1v) is 5.93. The smallest absolute Gasteiger partial charge is 0.251 e. The van der Waals surface area contributed by atoms with Gasteiger partial charge in [0, 0.05) is 25.6 Å².